The maximum absolute atomic E-state index is 13.2. The molecule has 2 heterocycles. The summed E-state index contributed by atoms with van der Waals surface area (Å²) in [5.41, 5.74) is 0. The van der Waals surface area contributed by atoms with Crippen LogP contribution in [0.4, 0.5) is 4.39 Å². The average molecular weight is 240 g/mol. The van der Waals surface area contributed by atoms with Crippen LogP contribution in [-0.4, -0.2) is 30.8 Å². The summed E-state index contributed by atoms with van der Waals surface area (Å²) in [5, 5.41) is 3.33. The Balaban J connectivity index is 1.93. The summed E-state index contributed by atoms with van der Waals surface area (Å²) in [6.07, 6.45) is 3.68. The van der Waals surface area contributed by atoms with Crippen molar-refractivity contribution in [2.45, 2.75) is 25.8 Å². The lowest BCUT2D eigenvalue weighted by molar-refractivity contribution is 0.269. The van der Waals surface area contributed by atoms with E-state index in [0.29, 0.717) is 25.0 Å². The van der Waals surface area contributed by atoms with Crippen LogP contribution in [0.5, 0.6) is 11.5 Å². The highest BCUT2D eigenvalue weighted by atomic mass is 19.1. The van der Waals surface area contributed by atoms with Gasteiger partial charge in [0.1, 0.15) is 12.4 Å². The van der Waals surface area contributed by atoms with E-state index < -0.39 is 5.95 Å². The van der Waals surface area contributed by atoms with E-state index in [1.54, 1.807) is 13.0 Å². The van der Waals surface area contributed by atoms with Crippen LogP contribution in [0.2, 0.25) is 0 Å². The van der Waals surface area contributed by atoms with Crippen LogP contribution in [0.3, 0.4) is 0 Å². The van der Waals surface area contributed by atoms with Crippen LogP contribution in [0.15, 0.2) is 12.3 Å². The van der Waals surface area contributed by atoms with Gasteiger partial charge in [0.15, 0.2) is 5.75 Å². The predicted octanol–water partition coefficient (Wildman–Crippen LogP) is 1.75. The Hall–Kier alpha value is -1.36. The molecular formula is C12H17FN2O2. The van der Waals surface area contributed by atoms with Crippen molar-refractivity contribution in [3.05, 3.63) is 18.2 Å². The monoisotopic (exact) mass is 240 g/mol. The molecule has 5 heteroatoms. The van der Waals surface area contributed by atoms with Gasteiger partial charge in [-0.1, -0.05) is 0 Å². The number of hydrogen-bond acceptors (Lipinski definition) is 4. The van der Waals surface area contributed by atoms with E-state index in [0.717, 1.165) is 13.0 Å². The molecule has 1 aliphatic heterocycles. The van der Waals surface area contributed by atoms with Crippen LogP contribution < -0.4 is 14.8 Å². The minimum Gasteiger partial charge on any atom is -0.490 e. The number of rotatable bonds is 5. The van der Waals surface area contributed by atoms with Crippen LogP contribution >= 0.6 is 0 Å². The Kier molecular flexibility index (Phi) is 4.14. The molecule has 1 saturated heterocycles. The third kappa shape index (κ3) is 3.30. The standard InChI is InChI=1S/C12H17FN2O2/c1-2-16-11-6-10(7-15-12(11)13)17-8-9-4-3-5-14-9/h6-7,9,14H,2-5,8H2,1H3. The van der Waals surface area contributed by atoms with E-state index in [1.807, 2.05) is 0 Å². The number of halogens is 1. The molecule has 2 rings (SSSR count). The molecule has 1 aromatic rings. The quantitative estimate of drug-likeness (QED) is 0.796. The fraction of sp³-hybridized carbons (Fsp3) is 0.583. The number of pyridine rings is 1. The third-order valence-electron chi connectivity index (χ3n) is 2.70. The predicted molar refractivity (Wildman–Crippen MR) is 61.9 cm³/mol. The molecule has 0 saturated carbocycles. The van der Waals surface area contributed by atoms with Gasteiger partial charge in [-0.05, 0) is 26.3 Å². The lowest BCUT2D eigenvalue weighted by atomic mass is 10.2. The number of nitrogens with one attached hydrogen (secondary N) is 1. The molecule has 1 fully saturated rings. The molecule has 1 N–H and O–H groups in total. The molecule has 0 aromatic carbocycles. The third-order valence-corrected chi connectivity index (χ3v) is 2.70. The zero-order chi connectivity index (χ0) is 12.1. The van der Waals surface area contributed by atoms with E-state index in [4.69, 9.17) is 9.47 Å². The van der Waals surface area contributed by atoms with Gasteiger partial charge in [0.2, 0.25) is 0 Å². The van der Waals surface area contributed by atoms with Crippen LogP contribution in [0, 0.1) is 5.95 Å². The van der Waals surface area contributed by atoms with E-state index in [2.05, 4.69) is 10.3 Å². The summed E-state index contributed by atoms with van der Waals surface area (Å²) in [6, 6.07) is 1.93. The van der Waals surface area contributed by atoms with Gasteiger partial charge < -0.3 is 14.8 Å². The van der Waals surface area contributed by atoms with E-state index >= 15 is 0 Å². The zero-order valence-corrected chi connectivity index (χ0v) is 9.91. The van der Waals surface area contributed by atoms with Crippen molar-refractivity contribution >= 4 is 0 Å². The van der Waals surface area contributed by atoms with Crippen molar-refractivity contribution < 1.29 is 13.9 Å². The van der Waals surface area contributed by atoms with Gasteiger partial charge in [0.25, 0.3) is 5.95 Å². The Morgan fingerprint density at radius 2 is 2.41 bits per heavy atom. The highest BCUT2D eigenvalue weighted by Gasteiger charge is 2.15. The molecule has 0 bridgehead atoms. The first-order chi connectivity index (χ1) is 8.29. The van der Waals surface area contributed by atoms with Gasteiger partial charge in [-0.3, -0.25) is 0 Å². The van der Waals surface area contributed by atoms with Gasteiger partial charge in [-0.15, -0.1) is 0 Å². The first kappa shape index (κ1) is 12.1. The second-order valence-corrected chi connectivity index (χ2v) is 4.00. The fourth-order valence-corrected chi connectivity index (χ4v) is 1.84. The second-order valence-electron chi connectivity index (χ2n) is 4.00. The highest BCUT2D eigenvalue weighted by molar-refractivity contribution is 5.29. The van der Waals surface area contributed by atoms with Gasteiger partial charge in [-0.25, -0.2) is 4.98 Å². The molecule has 0 radical (unpaired) electrons. The molecule has 1 aliphatic rings. The van der Waals surface area contributed by atoms with Gasteiger partial charge in [-0.2, -0.15) is 4.39 Å². The fourth-order valence-electron chi connectivity index (χ4n) is 1.84. The first-order valence-corrected chi connectivity index (χ1v) is 5.94. The zero-order valence-electron chi connectivity index (χ0n) is 9.91. The maximum atomic E-state index is 13.2. The van der Waals surface area contributed by atoms with Crippen LogP contribution in [-0.2, 0) is 0 Å². The number of nitrogens with zero attached hydrogens (tertiary/aromatic N) is 1. The molecule has 4 nitrogen and oxygen atoms in total. The van der Waals surface area contributed by atoms with Gasteiger partial charge in [0.05, 0.1) is 12.8 Å². The van der Waals surface area contributed by atoms with Crippen molar-refractivity contribution in [1.82, 2.24) is 10.3 Å². The Morgan fingerprint density at radius 1 is 1.53 bits per heavy atom. The largest absolute Gasteiger partial charge is 0.490 e. The lowest BCUT2D eigenvalue weighted by Crippen LogP contribution is -2.28. The number of ether oxygens (including phenoxy) is 2. The molecule has 1 aromatic heterocycles. The molecule has 0 aliphatic carbocycles. The molecular weight excluding hydrogens is 223 g/mol. The molecule has 0 spiro atoms. The summed E-state index contributed by atoms with van der Waals surface area (Å²) in [6.45, 7) is 3.83. The van der Waals surface area contributed by atoms with Crippen molar-refractivity contribution in [2.75, 3.05) is 19.8 Å². The van der Waals surface area contributed by atoms with Crippen molar-refractivity contribution in [3.8, 4) is 11.5 Å². The molecule has 94 valence electrons. The molecule has 0 amide bonds. The Bertz CT molecular complexity index is 368. The van der Waals surface area contributed by atoms with Crippen LogP contribution in [0.25, 0.3) is 0 Å². The van der Waals surface area contributed by atoms with E-state index in [1.165, 1.54) is 12.6 Å². The number of aromatic nitrogens is 1. The van der Waals surface area contributed by atoms with E-state index in [9.17, 15) is 4.39 Å². The second kappa shape index (κ2) is 5.82. The normalized spacial score (nSPS) is 19.3. The van der Waals surface area contributed by atoms with E-state index in [-0.39, 0.29) is 5.75 Å². The van der Waals surface area contributed by atoms with Gasteiger partial charge >= 0.3 is 0 Å². The summed E-state index contributed by atoms with van der Waals surface area (Å²) < 4.78 is 23.9. The maximum Gasteiger partial charge on any atom is 0.255 e. The number of hydrogen-bond donors (Lipinski definition) is 1. The first-order valence-electron chi connectivity index (χ1n) is 5.94. The summed E-state index contributed by atoms with van der Waals surface area (Å²) in [5.74, 6) is 0.0890. The minimum atomic E-state index is -0.599. The summed E-state index contributed by atoms with van der Waals surface area (Å²) >= 11 is 0. The van der Waals surface area contributed by atoms with Crippen LogP contribution in [0.1, 0.15) is 19.8 Å². The molecule has 1 unspecified atom stereocenters. The minimum absolute atomic E-state index is 0.143. The SMILES string of the molecule is CCOc1cc(OCC2CCCN2)cnc1F. The van der Waals surface area contributed by atoms with Crippen molar-refractivity contribution in [2.24, 2.45) is 0 Å². The molecule has 1 atom stereocenters. The molecule has 17 heavy (non-hydrogen) atoms. The van der Waals surface area contributed by atoms with Gasteiger partial charge in [0, 0.05) is 12.1 Å². The Labute approximate surface area is 100 Å². The summed E-state index contributed by atoms with van der Waals surface area (Å²) in [4.78, 5) is 3.61. The van der Waals surface area contributed by atoms with Crippen molar-refractivity contribution in [1.29, 1.82) is 0 Å². The highest BCUT2D eigenvalue weighted by Crippen LogP contribution is 2.21. The average Bonchev–Trinajstić information content (AvgIpc) is 2.83. The Morgan fingerprint density at radius 3 is 3.12 bits per heavy atom. The van der Waals surface area contributed by atoms with Crippen molar-refractivity contribution in [3.63, 3.8) is 0 Å². The lowest BCUT2D eigenvalue weighted by Gasteiger charge is -2.12. The topological polar surface area (TPSA) is 43.4 Å². The summed E-state index contributed by atoms with van der Waals surface area (Å²) in [7, 11) is 0. The smallest absolute Gasteiger partial charge is 0.255 e.